The SMILES string of the molecule is CCC(N)C(c1ccccc1F)n1ccnc1C#N. The van der Waals surface area contributed by atoms with Crippen LogP contribution in [0.5, 0.6) is 0 Å². The van der Waals surface area contributed by atoms with Gasteiger partial charge in [-0.3, -0.25) is 0 Å². The molecule has 0 aliphatic rings. The average molecular weight is 258 g/mol. The van der Waals surface area contributed by atoms with Crippen molar-refractivity contribution in [1.82, 2.24) is 9.55 Å². The molecule has 2 unspecified atom stereocenters. The first-order chi connectivity index (χ1) is 9.19. The molecule has 98 valence electrons. The third kappa shape index (κ3) is 2.49. The lowest BCUT2D eigenvalue weighted by atomic mass is 9.97. The van der Waals surface area contributed by atoms with Gasteiger partial charge in [0.15, 0.2) is 0 Å². The number of hydrogen-bond donors (Lipinski definition) is 1. The highest BCUT2D eigenvalue weighted by molar-refractivity contribution is 5.26. The van der Waals surface area contributed by atoms with Crippen LogP contribution < -0.4 is 5.73 Å². The second-order valence-electron chi connectivity index (χ2n) is 4.31. The molecule has 0 bridgehead atoms. The van der Waals surface area contributed by atoms with Gasteiger partial charge in [-0.1, -0.05) is 25.1 Å². The highest BCUT2D eigenvalue weighted by atomic mass is 19.1. The van der Waals surface area contributed by atoms with Crippen molar-refractivity contribution in [3.63, 3.8) is 0 Å². The molecule has 0 aliphatic heterocycles. The molecule has 2 atom stereocenters. The van der Waals surface area contributed by atoms with Gasteiger partial charge in [0.25, 0.3) is 0 Å². The molecule has 0 amide bonds. The van der Waals surface area contributed by atoms with E-state index in [0.717, 1.165) is 0 Å². The van der Waals surface area contributed by atoms with Crippen LogP contribution in [-0.2, 0) is 0 Å². The molecule has 4 nitrogen and oxygen atoms in total. The number of rotatable bonds is 4. The first-order valence-electron chi connectivity index (χ1n) is 6.12. The van der Waals surface area contributed by atoms with Crippen molar-refractivity contribution < 1.29 is 4.39 Å². The Labute approximate surface area is 111 Å². The lowest BCUT2D eigenvalue weighted by Gasteiger charge is -2.25. The van der Waals surface area contributed by atoms with Crippen LogP contribution in [0.4, 0.5) is 4.39 Å². The third-order valence-electron chi connectivity index (χ3n) is 3.17. The number of nitrogens with zero attached hydrogens (tertiary/aromatic N) is 3. The van der Waals surface area contributed by atoms with Gasteiger partial charge in [0, 0.05) is 24.0 Å². The number of benzene rings is 1. The second kappa shape index (κ2) is 5.63. The molecule has 19 heavy (non-hydrogen) atoms. The van der Waals surface area contributed by atoms with Crippen molar-refractivity contribution in [2.75, 3.05) is 0 Å². The molecule has 0 saturated carbocycles. The standard InChI is InChI=1S/C14H15FN4/c1-2-12(17)14(10-5-3-4-6-11(10)15)19-8-7-18-13(19)9-16/h3-8,12,14H,2,17H2,1H3. The summed E-state index contributed by atoms with van der Waals surface area (Å²) in [4.78, 5) is 3.95. The molecule has 0 fully saturated rings. The van der Waals surface area contributed by atoms with E-state index in [4.69, 9.17) is 11.0 Å². The van der Waals surface area contributed by atoms with E-state index in [9.17, 15) is 4.39 Å². The largest absolute Gasteiger partial charge is 0.326 e. The zero-order chi connectivity index (χ0) is 13.8. The highest BCUT2D eigenvalue weighted by Crippen LogP contribution is 2.26. The van der Waals surface area contributed by atoms with Crippen LogP contribution in [0.25, 0.3) is 0 Å². The Kier molecular flexibility index (Phi) is 3.93. The summed E-state index contributed by atoms with van der Waals surface area (Å²) in [5.74, 6) is -0.0915. The van der Waals surface area contributed by atoms with Gasteiger partial charge in [-0.05, 0) is 12.5 Å². The lowest BCUT2D eigenvalue weighted by molar-refractivity contribution is 0.436. The maximum Gasteiger partial charge on any atom is 0.213 e. The molecule has 0 spiro atoms. The van der Waals surface area contributed by atoms with E-state index < -0.39 is 6.04 Å². The molecule has 1 heterocycles. The van der Waals surface area contributed by atoms with Crippen LogP contribution in [0.1, 0.15) is 30.8 Å². The topological polar surface area (TPSA) is 67.6 Å². The van der Waals surface area contributed by atoms with Crippen molar-refractivity contribution >= 4 is 0 Å². The zero-order valence-electron chi connectivity index (χ0n) is 10.6. The molecule has 2 rings (SSSR count). The molecule has 1 aromatic carbocycles. The lowest BCUT2D eigenvalue weighted by Crippen LogP contribution is -2.33. The Hall–Kier alpha value is -2.19. The predicted molar refractivity (Wildman–Crippen MR) is 69.7 cm³/mol. The minimum absolute atomic E-state index is 0.233. The van der Waals surface area contributed by atoms with Gasteiger partial charge in [0.1, 0.15) is 11.9 Å². The number of aromatic nitrogens is 2. The zero-order valence-corrected chi connectivity index (χ0v) is 10.6. The minimum Gasteiger partial charge on any atom is -0.326 e. The monoisotopic (exact) mass is 258 g/mol. The summed E-state index contributed by atoms with van der Waals surface area (Å²) in [6.45, 7) is 1.93. The summed E-state index contributed by atoms with van der Waals surface area (Å²) in [6.07, 6.45) is 3.85. The van der Waals surface area contributed by atoms with Crippen LogP contribution in [0.2, 0.25) is 0 Å². The molecule has 2 N–H and O–H groups in total. The molecule has 0 aliphatic carbocycles. The summed E-state index contributed by atoms with van der Waals surface area (Å²) in [6, 6.07) is 7.76. The van der Waals surface area contributed by atoms with Crippen molar-refractivity contribution in [2.45, 2.75) is 25.4 Å². The van der Waals surface area contributed by atoms with E-state index in [1.807, 2.05) is 13.0 Å². The van der Waals surface area contributed by atoms with Gasteiger partial charge in [0.2, 0.25) is 5.82 Å². The van der Waals surface area contributed by atoms with Gasteiger partial charge in [-0.15, -0.1) is 0 Å². The summed E-state index contributed by atoms with van der Waals surface area (Å²) in [7, 11) is 0. The Morgan fingerprint density at radius 2 is 2.21 bits per heavy atom. The molecule has 2 aromatic rings. The molecule has 0 radical (unpaired) electrons. The van der Waals surface area contributed by atoms with Crippen molar-refractivity contribution in [1.29, 1.82) is 5.26 Å². The average Bonchev–Trinajstić information content (AvgIpc) is 2.89. The van der Waals surface area contributed by atoms with E-state index in [-0.39, 0.29) is 17.7 Å². The number of halogens is 1. The number of nitriles is 1. The van der Waals surface area contributed by atoms with Crippen LogP contribution in [-0.4, -0.2) is 15.6 Å². The summed E-state index contributed by atoms with van der Waals surface area (Å²) in [5, 5.41) is 9.06. The normalized spacial score (nSPS) is 13.8. The fourth-order valence-electron chi connectivity index (χ4n) is 2.15. The Balaban J connectivity index is 2.55. The van der Waals surface area contributed by atoms with Gasteiger partial charge < -0.3 is 10.3 Å². The van der Waals surface area contributed by atoms with Crippen molar-refractivity contribution in [3.05, 3.63) is 53.9 Å². The first kappa shape index (κ1) is 13.2. The van der Waals surface area contributed by atoms with Crippen LogP contribution in [0.3, 0.4) is 0 Å². The number of nitrogens with two attached hydrogens (primary N) is 1. The fourth-order valence-corrected chi connectivity index (χ4v) is 2.15. The molecule has 5 heteroatoms. The minimum atomic E-state index is -0.427. The van der Waals surface area contributed by atoms with Gasteiger partial charge in [-0.25, -0.2) is 9.37 Å². The maximum atomic E-state index is 14.0. The predicted octanol–water partition coefficient (Wildman–Crippen LogP) is 2.22. The fraction of sp³-hybridized carbons (Fsp3) is 0.286. The quantitative estimate of drug-likeness (QED) is 0.914. The summed E-state index contributed by atoms with van der Waals surface area (Å²) < 4.78 is 15.6. The Morgan fingerprint density at radius 3 is 2.84 bits per heavy atom. The van der Waals surface area contributed by atoms with Crippen LogP contribution >= 0.6 is 0 Å². The van der Waals surface area contributed by atoms with Crippen LogP contribution in [0.15, 0.2) is 36.7 Å². The van der Waals surface area contributed by atoms with E-state index in [0.29, 0.717) is 12.0 Å². The Bertz CT molecular complexity index is 597. The molecule has 1 aromatic heterocycles. The van der Waals surface area contributed by atoms with E-state index in [1.165, 1.54) is 12.3 Å². The van der Waals surface area contributed by atoms with E-state index >= 15 is 0 Å². The van der Waals surface area contributed by atoms with Crippen molar-refractivity contribution in [3.8, 4) is 6.07 Å². The smallest absolute Gasteiger partial charge is 0.213 e. The van der Waals surface area contributed by atoms with Crippen LogP contribution in [0, 0.1) is 17.1 Å². The van der Waals surface area contributed by atoms with Gasteiger partial charge >= 0.3 is 0 Å². The molecular weight excluding hydrogens is 243 g/mol. The van der Waals surface area contributed by atoms with Gasteiger partial charge in [-0.2, -0.15) is 5.26 Å². The first-order valence-corrected chi connectivity index (χ1v) is 6.12. The summed E-state index contributed by atoms with van der Waals surface area (Å²) >= 11 is 0. The molecular formula is C14H15FN4. The second-order valence-corrected chi connectivity index (χ2v) is 4.31. The Morgan fingerprint density at radius 1 is 1.47 bits per heavy atom. The van der Waals surface area contributed by atoms with Gasteiger partial charge in [0.05, 0.1) is 6.04 Å². The summed E-state index contributed by atoms with van der Waals surface area (Å²) in [5.41, 5.74) is 6.59. The van der Waals surface area contributed by atoms with Crippen molar-refractivity contribution in [2.24, 2.45) is 5.73 Å². The highest BCUT2D eigenvalue weighted by Gasteiger charge is 2.25. The third-order valence-corrected chi connectivity index (χ3v) is 3.17. The number of hydrogen-bond acceptors (Lipinski definition) is 3. The molecule has 0 saturated heterocycles. The number of imidazole rings is 1. The maximum absolute atomic E-state index is 14.0. The van der Waals surface area contributed by atoms with E-state index in [2.05, 4.69) is 4.98 Å². The van der Waals surface area contributed by atoms with E-state index in [1.54, 1.807) is 29.0 Å².